The SMILES string of the molecule is COC=C(C(=O)OC)c1ccccc1C=CC=Cc1ccc(C(C)(C)C)cc1. The van der Waals surface area contributed by atoms with Gasteiger partial charge in [0.25, 0.3) is 0 Å². The standard InChI is InChI=1S/C25H28O3/c1-25(2,3)21-16-14-19(15-17-21)10-6-7-11-20-12-8-9-13-22(20)23(18-27-4)24(26)28-5/h6-18H,1-5H3. The number of methoxy groups -OCH3 is 2. The molecular formula is C25H28O3. The average Bonchev–Trinajstić information content (AvgIpc) is 2.69. The molecule has 0 atom stereocenters. The van der Waals surface area contributed by atoms with E-state index in [0.29, 0.717) is 5.57 Å². The summed E-state index contributed by atoms with van der Waals surface area (Å²) in [6, 6.07) is 16.2. The molecule has 0 aliphatic rings. The average molecular weight is 376 g/mol. The van der Waals surface area contributed by atoms with Crippen molar-refractivity contribution < 1.29 is 14.3 Å². The van der Waals surface area contributed by atoms with E-state index in [1.165, 1.54) is 26.0 Å². The summed E-state index contributed by atoms with van der Waals surface area (Å²) >= 11 is 0. The molecule has 3 nitrogen and oxygen atoms in total. The van der Waals surface area contributed by atoms with Gasteiger partial charge in [0.1, 0.15) is 5.57 Å². The van der Waals surface area contributed by atoms with Crippen molar-refractivity contribution in [3.05, 3.63) is 89.2 Å². The Morgan fingerprint density at radius 2 is 1.54 bits per heavy atom. The van der Waals surface area contributed by atoms with Crippen molar-refractivity contribution in [3.8, 4) is 0 Å². The lowest BCUT2D eigenvalue weighted by Crippen LogP contribution is -2.10. The number of hydrogen-bond acceptors (Lipinski definition) is 3. The maximum Gasteiger partial charge on any atom is 0.341 e. The molecule has 0 saturated carbocycles. The Bertz CT molecular complexity index is 879. The predicted octanol–water partition coefficient (Wildman–Crippen LogP) is 5.87. The van der Waals surface area contributed by atoms with Gasteiger partial charge in [-0.25, -0.2) is 4.79 Å². The van der Waals surface area contributed by atoms with E-state index in [-0.39, 0.29) is 5.41 Å². The predicted molar refractivity (Wildman–Crippen MR) is 117 cm³/mol. The van der Waals surface area contributed by atoms with Gasteiger partial charge in [0, 0.05) is 0 Å². The maximum absolute atomic E-state index is 12.1. The van der Waals surface area contributed by atoms with Crippen LogP contribution in [0.5, 0.6) is 0 Å². The molecular weight excluding hydrogens is 348 g/mol. The van der Waals surface area contributed by atoms with Gasteiger partial charge in [0.2, 0.25) is 0 Å². The second-order valence-electron chi connectivity index (χ2n) is 7.44. The van der Waals surface area contributed by atoms with E-state index in [1.54, 1.807) is 0 Å². The lowest BCUT2D eigenvalue weighted by molar-refractivity contribution is -0.133. The molecule has 0 N–H and O–H groups in total. The molecule has 0 fully saturated rings. The van der Waals surface area contributed by atoms with Crippen LogP contribution in [0.2, 0.25) is 0 Å². The molecule has 0 aliphatic heterocycles. The second kappa shape index (κ2) is 9.75. The maximum atomic E-state index is 12.1. The van der Waals surface area contributed by atoms with E-state index in [1.807, 2.05) is 42.5 Å². The summed E-state index contributed by atoms with van der Waals surface area (Å²) in [6.07, 6.45) is 9.36. The fourth-order valence-corrected chi connectivity index (χ4v) is 2.76. The topological polar surface area (TPSA) is 35.5 Å². The van der Waals surface area contributed by atoms with Gasteiger partial charge in [-0.1, -0.05) is 93.6 Å². The van der Waals surface area contributed by atoms with Crippen LogP contribution >= 0.6 is 0 Å². The summed E-state index contributed by atoms with van der Waals surface area (Å²) in [5, 5.41) is 0. The Morgan fingerprint density at radius 3 is 2.14 bits per heavy atom. The number of allylic oxidation sites excluding steroid dienone is 2. The molecule has 0 heterocycles. The molecule has 0 saturated heterocycles. The Labute approximate surface area is 168 Å². The van der Waals surface area contributed by atoms with E-state index in [4.69, 9.17) is 9.47 Å². The Kier molecular flexibility index (Phi) is 7.39. The molecule has 0 radical (unpaired) electrons. The van der Waals surface area contributed by atoms with Crippen LogP contribution in [0.25, 0.3) is 17.7 Å². The summed E-state index contributed by atoms with van der Waals surface area (Å²) in [5.41, 5.74) is 4.65. The lowest BCUT2D eigenvalue weighted by Gasteiger charge is -2.18. The summed E-state index contributed by atoms with van der Waals surface area (Å²) in [6.45, 7) is 6.62. The molecule has 0 unspecified atom stereocenters. The Morgan fingerprint density at radius 1 is 0.893 bits per heavy atom. The minimum atomic E-state index is -0.433. The number of ether oxygens (including phenoxy) is 2. The van der Waals surface area contributed by atoms with Gasteiger partial charge in [0.15, 0.2) is 0 Å². The quantitative estimate of drug-likeness (QED) is 0.274. The smallest absolute Gasteiger partial charge is 0.341 e. The first kappa shape index (κ1) is 21.2. The zero-order valence-electron chi connectivity index (χ0n) is 17.2. The van der Waals surface area contributed by atoms with Gasteiger partial charge in [-0.2, -0.15) is 0 Å². The highest BCUT2D eigenvalue weighted by Crippen LogP contribution is 2.23. The van der Waals surface area contributed by atoms with Crippen LogP contribution in [0, 0.1) is 0 Å². The number of hydrogen-bond donors (Lipinski definition) is 0. The van der Waals surface area contributed by atoms with Gasteiger partial charge >= 0.3 is 5.97 Å². The first-order chi connectivity index (χ1) is 13.4. The van der Waals surface area contributed by atoms with Crippen LogP contribution < -0.4 is 0 Å². The monoisotopic (exact) mass is 376 g/mol. The number of benzene rings is 2. The van der Waals surface area contributed by atoms with Gasteiger partial charge in [-0.3, -0.25) is 0 Å². The van der Waals surface area contributed by atoms with Crippen molar-refractivity contribution in [1.82, 2.24) is 0 Å². The van der Waals surface area contributed by atoms with Gasteiger partial charge in [0.05, 0.1) is 20.5 Å². The molecule has 0 spiro atoms. The molecule has 28 heavy (non-hydrogen) atoms. The first-order valence-electron chi connectivity index (χ1n) is 9.23. The van der Waals surface area contributed by atoms with Crippen molar-refractivity contribution in [3.63, 3.8) is 0 Å². The normalized spacial score (nSPS) is 12.5. The zero-order chi connectivity index (χ0) is 20.6. The first-order valence-corrected chi connectivity index (χ1v) is 9.23. The fraction of sp³-hybridized carbons (Fsp3) is 0.240. The van der Waals surface area contributed by atoms with Crippen LogP contribution in [-0.2, 0) is 19.7 Å². The molecule has 0 bridgehead atoms. The molecule has 0 aliphatic carbocycles. The number of esters is 1. The third-order valence-corrected chi connectivity index (χ3v) is 4.34. The third kappa shape index (κ3) is 5.71. The van der Waals surface area contributed by atoms with Crippen LogP contribution in [0.1, 0.15) is 43.0 Å². The summed E-state index contributed by atoms with van der Waals surface area (Å²) in [4.78, 5) is 12.1. The highest BCUT2D eigenvalue weighted by atomic mass is 16.5. The van der Waals surface area contributed by atoms with E-state index < -0.39 is 5.97 Å². The van der Waals surface area contributed by atoms with Crippen LogP contribution in [0.4, 0.5) is 0 Å². The summed E-state index contributed by atoms with van der Waals surface area (Å²) in [5.74, 6) is -0.433. The van der Waals surface area contributed by atoms with E-state index in [9.17, 15) is 4.79 Å². The van der Waals surface area contributed by atoms with Crippen LogP contribution in [-0.4, -0.2) is 20.2 Å². The van der Waals surface area contributed by atoms with Crippen LogP contribution in [0.15, 0.2) is 66.9 Å². The largest absolute Gasteiger partial charge is 0.503 e. The lowest BCUT2D eigenvalue weighted by atomic mass is 9.87. The fourth-order valence-electron chi connectivity index (χ4n) is 2.76. The van der Waals surface area contributed by atoms with Crippen molar-refractivity contribution >= 4 is 23.7 Å². The summed E-state index contributed by atoms with van der Waals surface area (Å²) < 4.78 is 9.92. The molecule has 2 aromatic rings. The Balaban J connectivity index is 2.20. The highest BCUT2D eigenvalue weighted by molar-refractivity contribution is 6.17. The minimum Gasteiger partial charge on any atom is -0.503 e. The molecule has 2 aromatic carbocycles. The zero-order valence-corrected chi connectivity index (χ0v) is 17.2. The van der Waals surface area contributed by atoms with Gasteiger partial charge < -0.3 is 9.47 Å². The van der Waals surface area contributed by atoms with Gasteiger partial charge in [-0.15, -0.1) is 0 Å². The van der Waals surface area contributed by atoms with Crippen molar-refractivity contribution in [1.29, 1.82) is 0 Å². The molecule has 2 rings (SSSR count). The molecule has 3 heteroatoms. The minimum absolute atomic E-state index is 0.152. The van der Waals surface area contributed by atoms with Crippen molar-refractivity contribution in [2.75, 3.05) is 14.2 Å². The number of carbonyl (C=O) groups excluding carboxylic acids is 1. The van der Waals surface area contributed by atoms with Crippen molar-refractivity contribution in [2.24, 2.45) is 0 Å². The highest BCUT2D eigenvalue weighted by Gasteiger charge is 2.15. The summed E-state index contributed by atoms with van der Waals surface area (Å²) in [7, 11) is 2.87. The second-order valence-corrected chi connectivity index (χ2v) is 7.44. The molecule has 0 aromatic heterocycles. The van der Waals surface area contributed by atoms with E-state index in [2.05, 4.69) is 51.1 Å². The van der Waals surface area contributed by atoms with E-state index in [0.717, 1.165) is 16.7 Å². The molecule has 0 amide bonds. The van der Waals surface area contributed by atoms with E-state index >= 15 is 0 Å². The third-order valence-electron chi connectivity index (χ3n) is 4.34. The van der Waals surface area contributed by atoms with Crippen LogP contribution in [0.3, 0.4) is 0 Å². The Hall–Kier alpha value is -3.07. The molecule has 146 valence electrons. The number of rotatable bonds is 6. The number of carbonyl (C=O) groups is 1. The van der Waals surface area contributed by atoms with Crippen molar-refractivity contribution in [2.45, 2.75) is 26.2 Å². The van der Waals surface area contributed by atoms with Gasteiger partial charge in [-0.05, 0) is 27.7 Å².